The monoisotopic (exact) mass is 161 g/mol. The second-order valence-corrected chi connectivity index (χ2v) is 2.14. The Hall–Kier alpha value is -1.37. The molecule has 0 fully saturated rings. The van der Waals surface area contributed by atoms with Gasteiger partial charge in [-0.15, -0.1) is 0 Å². The summed E-state index contributed by atoms with van der Waals surface area (Å²) in [5, 5.41) is 0. The summed E-state index contributed by atoms with van der Waals surface area (Å²) in [6.45, 7) is 11.2. The van der Waals surface area contributed by atoms with E-state index in [4.69, 9.17) is 0 Å². The van der Waals surface area contributed by atoms with Crippen molar-refractivity contribution in [2.24, 2.45) is 4.99 Å². The third kappa shape index (κ3) is 3.15. The Labute approximate surface area is 74.5 Å². The third-order valence-electron chi connectivity index (χ3n) is 1.33. The lowest BCUT2D eigenvalue weighted by atomic mass is 10.2. The van der Waals surface area contributed by atoms with Gasteiger partial charge in [-0.1, -0.05) is 31.4 Å². The van der Waals surface area contributed by atoms with Crippen LogP contribution in [0.15, 0.2) is 53.7 Å². The highest BCUT2D eigenvalue weighted by molar-refractivity contribution is 5.57. The zero-order chi connectivity index (χ0) is 9.40. The van der Waals surface area contributed by atoms with Gasteiger partial charge in [0.2, 0.25) is 0 Å². The van der Waals surface area contributed by atoms with Gasteiger partial charge in [0.1, 0.15) is 0 Å². The first kappa shape index (κ1) is 10.6. The Kier molecular flexibility index (Phi) is 5.62. The van der Waals surface area contributed by atoms with E-state index in [9.17, 15) is 0 Å². The number of nitrogens with zero attached hydrogens (tertiary/aromatic N) is 1. The molecule has 64 valence electrons. The molecular weight excluding hydrogens is 146 g/mol. The zero-order valence-corrected chi connectivity index (χ0v) is 7.75. The molecular formula is C11H15N. The van der Waals surface area contributed by atoms with Crippen molar-refractivity contribution in [2.75, 3.05) is 0 Å². The lowest BCUT2D eigenvalue weighted by molar-refractivity contribution is 1.36. The molecule has 0 radical (unpaired) electrons. The lowest BCUT2D eigenvalue weighted by Gasteiger charge is -1.97. The zero-order valence-electron chi connectivity index (χ0n) is 7.75. The SMILES string of the molecule is C=CC(C=C)=C(/C=C\C)N=CC. The van der Waals surface area contributed by atoms with E-state index in [0.717, 1.165) is 11.3 Å². The number of allylic oxidation sites excluding steroid dienone is 5. The van der Waals surface area contributed by atoms with Crippen molar-refractivity contribution < 1.29 is 0 Å². The standard InChI is InChI=1S/C11H15N/c1-5-9-11(12-8-4)10(6-2)7-3/h5-9H,2-3H2,1,4H3/b9-5-,12-8?. The van der Waals surface area contributed by atoms with Crippen molar-refractivity contribution in [1.82, 2.24) is 0 Å². The summed E-state index contributed by atoms with van der Waals surface area (Å²) < 4.78 is 0. The van der Waals surface area contributed by atoms with Crippen molar-refractivity contribution in [3.05, 3.63) is 48.7 Å². The smallest absolute Gasteiger partial charge is 0.0694 e. The van der Waals surface area contributed by atoms with E-state index in [1.54, 1.807) is 18.4 Å². The quantitative estimate of drug-likeness (QED) is 0.443. The van der Waals surface area contributed by atoms with Crippen LogP contribution in [0.25, 0.3) is 0 Å². The highest BCUT2D eigenvalue weighted by Gasteiger charge is 1.92. The highest BCUT2D eigenvalue weighted by Crippen LogP contribution is 2.09. The normalized spacial score (nSPS) is 10.5. The number of hydrogen-bond donors (Lipinski definition) is 0. The molecule has 0 aromatic rings. The van der Waals surface area contributed by atoms with E-state index in [1.807, 2.05) is 26.0 Å². The van der Waals surface area contributed by atoms with Gasteiger partial charge in [0.25, 0.3) is 0 Å². The fourth-order valence-corrected chi connectivity index (χ4v) is 0.803. The molecule has 0 spiro atoms. The Morgan fingerprint density at radius 3 is 2.08 bits per heavy atom. The molecule has 1 heteroatoms. The van der Waals surface area contributed by atoms with Crippen molar-refractivity contribution in [2.45, 2.75) is 13.8 Å². The molecule has 0 N–H and O–H groups in total. The Bertz CT molecular complexity index is 218. The van der Waals surface area contributed by atoms with E-state index in [0.29, 0.717) is 0 Å². The van der Waals surface area contributed by atoms with Crippen LogP contribution in [0.4, 0.5) is 0 Å². The third-order valence-corrected chi connectivity index (χ3v) is 1.33. The average molecular weight is 161 g/mol. The number of rotatable bonds is 4. The van der Waals surface area contributed by atoms with Crippen molar-refractivity contribution >= 4 is 6.21 Å². The first-order valence-corrected chi connectivity index (χ1v) is 3.90. The summed E-state index contributed by atoms with van der Waals surface area (Å²) >= 11 is 0. The van der Waals surface area contributed by atoms with Crippen molar-refractivity contribution in [1.29, 1.82) is 0 Å². The van der Waals surface area contributed by atoms with Gasteiger partial charge < -0.3 is 0 Å². The fraction of sp³-hybridized carbons (Fsp3) is 0.182. The molecule has 0 aliphatic rings. The summed E-state index contributed by atoms with van der Waals surface area (Å²) in [5.74, 6) is 0. The van der Waals surface area contributed by atoms with Gasteiger partial charge in [0, 0.05) is 6.21 Å². The van der Waals surface area contributed by atoms with Crippen LogP contribution in [-0.4, -0.2) is 6.21 Å². The fourth-order valence-electron chi connectivity index (χ4n) is 0.803. The summed E-state index contributed by atoms with van der Waals surface area (Å²) in [6.07, 6.45) is 9.11. The predicted molar refractivity (Wildman–Crippen MR) is 56.4 cm³/mol. The molecule has 0 saturated carbocycles. The van der Waals surface area contributed by atoms with Gasteiger partial charge >= 0.3 is 0 Å². The maximum Gasteiger partial charge on any atom is 0.0694 e. The molecule has 0 amide bonds. The van der Waals surface area contributed by atoms with E-state index in [2.05, 4.69) is 18.2 Å². The van der Waals surface area contributed by atoms with Crippen molar-refractivity contribution in [3.8, 4) is 0 Å². The summed E-state index contributed by atoms with van der Waals surface area (Å²) in [7, 11) is 0. The summed E-state index contributed by atoms with van der Waals surface area (Å²) in [6, 6.07) is 0. The van der Waals surface area contributed by atoms with Crippen LogP contribution in [0.1, 0.15) is 13.8 Å². The molecule has 12 heavy (non-hydrogen) atoms. The lowest BCUT2D eigenvalue weighted by Crippen LogP contribution is -1.79. The van der Waals surface area contributed by atoms with E-state index in [-0.39, 0.29) is 0 Å². The molecule has 0 aliphatic heterocycles. The minimum Gasteiger partial charge on any atom is -0.261 e. The van der Waals surface area contributed by atoms with E-state index in [1.165, 1.54) is 0 Å². The van der Waals surface area contributed by atoms with Crippen LogP contribution < -0.4 is 0 Å². The first-order valence-electron chi connectivity index (χ1n) is 3.90. The van der Waals surface area contributed by atoms with Crippen LogP contribution in [0.3, 0.4) is 0 Å². The van der Waals surface area contributed by atoms with Gasteiger partial charge in [-0.25, -0.2) is 0 Å². The van der Waals surface area contributed by atoms with Gasteiger partial charge in [-0.3, -0.25) is 4.99 Å². The minimum atomic E-state index is 0.894. The predicted octanol–water partition coefficient (Wildman–Crippen LogP) is 3.28. The summed E-state index contributed by atoms with van der Waals surface area (Å²) in [5.41, 5.74) is 1.84. The van der Waals surface area contributed by atoms with Crippen LogP contribution in [0, 0.1) is 0 Å². The van der Waals surface area contributed by atoms with Gasteiger partial charge in [-0.2, -0.15) is 0 Å². The Balaban J connectivity index is 5.00. The largest absolute Gasteiger partial charge is 0.261 e. The van der Waals surface area contributed by atoms with Gasteiger partial charge in [-0.05, 0) is 25.5 Å². The first-order chi connectivity index (χ1) is 5.79. The molecule has 0 aromatic carbocycles. The number of aliphatic imine (C=N–C) groups is 1. The maximum atomic E-state index is 4.18. The highest BCUT2D eigenvalue weighted by atomic mass is 14.7. The molecule has 1 nitrogen and oxygen atoms in total. The Morgan fingerprint density at radius 2 is 1.75 bits per heavy atom. The Morgan fingerprint density at radius 1 is 1.17 bits per heavy atom. The van der Waals surface area contributed by atoms with Crippen molar-refractivity contribution in [3.63, 3.8) is 0 Å². The van der Waals surface area contributed by atoms with E-state index < -0.39 is 0 Å². The maximum absolute atomic E-state index is 4.18. The van der Waals surface area contributed by atoms with Gasteiger partial charge in [0.15, 0.2) is 0 Å². The molecule has 0 heterocycles. The molecule has 0 aromatic heterocycles. The molecule has 0 aliphatic carbocycles. The number of hydrogen-bond acceptors (Lipinski definition) is 1. The second kappa shape index (κ2) is 6.35. The molecule has 0 saturated heterocycles. The van der Waals surface area contributed by atoms with E-state index >= 15 is 0 Å². The second-order valence-electron chi connectivity index (χ2n) is 2.14. The molecule has 0 bridgehead atoms. The minimum absolute atomic E-state index is 0.894. The molecule has 0 atom stereocenters. The summed E-state index contributed by atoms with van der Waals surface area (Å²) in [4.78, 5) is 4.18. The van der Waals surface area contributed by atoms with Crippen LogP contribution in [-0.2, 0) is 0 Å². The topological polar surface area (TPSA) is 12.4 Å². The molecule has 0 unspecified atom stereocenters. The van der Waals surface area contributed by atoms with Crippen LogP contribution in [0.5, 0.6) is 0 Å². The average Bonchev–Trinajstić information content (AvgIpc) is 2.07. The molecule has 0 rings (SSSR count). The van der Waals surface area contributed by atoms with Crippen LogP contribution >= 0.6 is 0 Å². The van der Waals surface area contributed by atoms with Gasteiger partial charge in [0.05, 0.1) is 5.70 Å². The van der Waals surface area contributed by atoms with Crippen LogP contribution in [0.2, 0.25) is 0 Å².